The number of carbonyl (C=O) groups is 2. The van der Waals surface area contributed by atoms with Gasteiger partial charge in [0.15, 0.2) is 5.82 Å². The van der Waals surface area contributed by atoms with Crippen molar-refractivity contribution in [3.8, 4) is 0 Å². The number of fused-ring (bicyclic) bond motifs is 4. The Hall–Kier alpha value is -1.68. The average molecular weight is 420 g/mol. The zero-order chi connectivity index (χ0) is 19.8. The monoisotopic (exact) mass is 419 g/mol. The number of thioether (sulfide) groups is 1. The van der Waals surface area contributed by atoms with E-state index in [1.807, 2.05) is 21.6 Å². The lowest BCUT2D eigenvalue weighted by atomic mass is 9.71. The highest BCUT2D eigenvalue weighted by atomic mass is 32.2. The lowest BCUT2D eigenvalue weighted by Crippen LogP contribution is -2.69. The standard InChI is InChI=1S/C19H29N7O2S/c27-17-3-1-2-15-13-10-14(12-24(11-13)5-4-16-20-22-23-21-16)18(26(15)17)19(28)25-6-8-29-9-7-25/h13-15,18H,1-12H2,(H,20,21,22,23)/t13-,14+,15+,18-/m1/s1. The minimum absolute atomic E-state index is 0.189. The lowest BCUT2D eigenvalue weighted by Gasteiger charge is -2.56. The van der Waals surface area contributed by atoms with E-state index in [0.717, 1.165) is 75.7 Å². The molecule has 4 saturated heterocycles. The summed E-state index contributed by atoms with van der Waals surface area (Å²) in [6, 6.07) is -0.0614. The zero-order valence-electron chi connectivity index (χ0n) is 16.7. The number of tetrazole rings is 1. The largest absolute Gasteiger partial charge is 0.339 e. The van der Waals surface area contributed by atoms with Gasteiger partial charge in [-0.25, -0.2) is 0 Å². The van der Waals surface area contributed by atoms with Crippen molar-refractivity contribution in [1.82, 2.24) is 35.3 Å². The Kier molecular flexibility index (Phi) is 5.47. The van der Waals surface area contributed by atoms with Gasteiger partial charge in [0.1, 0.15) is 6.04 Å². The van der Waals surface area contributed by atoms with Gasteiger partial charge in [-0.1, -0.05) is 5.21 Å². The van der Waals surface area contributed by atoms with Crippen LogP contribution < -0.4 is 0 Å². The van der Waals surface area contributed by atoms with E-state index in [4.69, 9.17) is 0 Å². The van der Waals surface area contributed by atoms with Crippen molar-refractivity contribution in [2.75, 3.05) is 44.2 Å². The van der Waals surface area contributed by atoms with Crippen molar-refractivity contribution in [3.05, 3.63) is 5.82 Å². The summed E-state index contributed by atoms with van der Waals surface area (Å²) in [7, 11) is 0. The van der Waals surface area contributed by atoms with Crippen LogP contribution in [0.1, 0.15) is 31.5 Å². The maximum absolute atomic E-state index is 13.6. The molecule has 0 spiro atoms. The quantitative estimate of drug-likeness (QED) is 0.735. The zero-order valence-corrected chi connectivity index (χ0v) is 17.5. The second-order valence-electron chi connectivity index (χ2n) is 8.74. The first kappa shape index (κ1) is 19.3. The van der Waals surface area contributed by atoms with Gasteiger partial charge >= 0.3 is 0 Å². The minimum atomic E-state index is -0.278. The van der Waals surface area contributed by atoms with Crippen molar-refractivity contribution >= 4 is 23.6 Å². The van der Waals surface area contributed by atoms with E-state index < -0.39 is 0 Å². The molecule has 158 valence electrons. The molecule has 0 saturated carbocycles. The van der Waals surface area contributed by atoms with E-state index in [9.17, 15) is 9.59 Å². The number of rotatable bonds is 4. The van der Waals surface area contributed by atoms with Crippen LogP contribution in [0.4, 0.5) is 0 Å². The molecule has 0 unspecified atom stereocenters. The van der Waals surface area contributed by atoms with E-state index in [1.54, 1.807) is 0 Å². The molecule has 1 aromatic rings. The molecule has 4 aliphatic rings. The number of nitrogens with zero attached hydrogens (tertiary/aromatic N) is 6. The molecule has 9 nitrogen and oxygen atoms in total. The van der Waals surface area contributed by atoms with Crippen LogP contribution in [0.25, 0.3) is 0 Å². The van der Waals surface area contributed by atoms with Crippen molar-refractivity contribution in [2.24, 2.45) is 11.8 Å². The Balaban J connectivity index is 1.36. The highest BCUT2D eigenvalue weighted by Gasteiger charge is 2.52. The number of amides is 2. The molecule has 0 radical (unpaired) electrons. The fourth-order valence-corrected chi connectivity index (χ4v) is 6.67. The third kappa shape index (κ3) is 3.76. The van der Waals surface area contributed by atoms with Crippen LogP contribution in [0.3, 0.4) is 0 Å². The first-order chi connectivity index (χ1) is 14.2. The molecular weight excluding hydrogens is 390 g/mol. The normalized spacial score (nSPS) is 32.9. The SMILES string of the molecule is O=C([C@H]1[C@H]2C[C@H](CN(CCc3nn[nH]n3)C2)[C@@H]2CCCC(=O)N21)N1CCSCC1. The van der Waals surface area contributed by atoms with Crippen LogP contribution in [0.15, 0.2) is 0 Å². The highest BCUT2D eigenvalue weighted by molar-refractivity contribution is 7.99. The van der Waals surface area contributed by atoms with Crippen molar-refractivity contribution in [2.45, 2.75) is 44.2 Å². The van der Waals surface area contributed by atoms with Crippen LogP contribution in [0.5, 0.6) is 0 Å². The van der Waals surface area contributed by atoms with E-state index in [1.165, 1.54) is 0 Å². The van der Waals surface area contributed by atoms with E-state index in [2.05, 4.69) is 25.5 Å². The summed E-state index contributed by atoms with van der Waals surface area (Å²) in [5.74, 6) is 3.80. The molecule has 29 heavy (non-hydrogen) atoms. The number of likely N-dealkylation sites (tertiary alicyclic amines) is 1. The molecule has 2 amide bonds. The van der Waals surface area contributed by atoms with Gasteiger partial charge in [0.2, 0.25) is 11.8 Å². The summed E-state index contributed by atoms with van der Waals surface area (Å²) < 4.78 is 0. The summed E-state index contributed by atoms with van der Waals surface area (Å²) in [5.41, 5.74) is 0. The van der Waals surface area contributed by atoms with Crippen LogP contribution in [0, 0.1) is 11.8 Å². The number of carbonyl (C=O) groups excluding carboxylic acids is 2. The number of aromatic amines is 1. The van der Waals surface area contributed by atoms with Crippen molar-refractivity contribution < 1.29 is 9.59 Å². The van der Waals surface area contributed by atoms with E-state index in [-0.39, 0.29) is 29.8 Å². The Labute approximate surface area is 174 Å². The molecule has 1 aromatic heterocycles. The first-order valence-corrected chi connectivity index (χ1v) is 12.0. The lowest BCUT2D eigenvalue weighted by molar-refractivity contribution is -0.165. The Bertz CT molecular complexity index is 739. The second kappa shape index (κ2) is 8.22. The van der Waals surface area contributed by atoms with Crippen LogP contribution >= 0.6 is 11.8 Å². The molecule has 4 atom stereocenters. The van der Waals surface area contributed by atoms with Gasteiger partial charge in [0.05, 0.1) is 0 Å². The summed E-state index contributed by atoms with van der Waals surface area (Å²) in [5, 5.41) is 14.3. The molecule has 4 fully saturated rings. The number of H-pyrrole nitrogens is 1. The van der Waals surface area contributed by atoms with E-state index >= 15 is 0 Å². The number of hydrogen-bond acceptors (Lipinski definition) is 7. The summed E-state index contributed by atoms with van der Waals surface area (Å²) >= 11 is 1.91. The van der Waals surface area contributed by atoms with Crippen LogP contribution in [0.2, 0.25) is 0 Å². The van der Waals surface area contributed by atoms with Gasteiger partial charge in [-0.3, -0.25) is 9.59 Å². The van der Waals surface area contributed by atoms with Gasteiger partial charge in [0, 0.05) is 69.0 Å². The maximum atomic E-state index is 13.6. The van der Waals surface area contributed by atoms with E-state index in [0.29, 0.717) is 12.3 Å². The predicted octanol–water partition coefficient (Wildman–Crippen LogP) is 0.0190. The molecular formula is C19H29N7O2S. The molecule has 2 bridgehead atoms. The van der Waals surface area contributed by atoms with Gasteiger partial charge < -0.3 is 14.7 Å². The summed E-state index contributed by atoms with van der Waals surface area (Å²) in [4.78, 5) is 33.0. The Morgan fingerprint density at radius 1 is 1.21 bits per heavy atom. The topological polar surface area (TPSA) is 98.3 Å². The second-order valence-corrected chi connectivity index (χ2v) is 9.96. The minimum Gasteiger partial charge on any atom is -0.339 e. The Morgan fingerprint density at radius 3 is 2.83 bits per heavy atom. The van der Waals surface area contributed by atoms with Crippen LogP contribution in [-0.2, 0) is 16.0 Å². The van der Waals surface area contributed by atoms with Crippen LogP contribution in [-0.4, -0.2) is 103 Å². The fraction of sp³-hybridized carbons (Fsp3) is 0.842. The average Bonchev–Trinajstić information content (AvgIpc) is 3.27. The van der Waals surface area contributed by atoms with Gasteiger partial charge in [-0.05, 0) is 25.2 Å². The third-order valence-electron chi connectivity index (χ3n) is 7.03. The molecule has 0 aromatic carbocycles. The third-order valence-corrected chi connectivity index (χ3v) is 7.98. The molecule has 1 N–H and O–H groups in total. The predicted molar refractivity (Wildman–Crippen MR) is 108 cm³/mol. The molecule has 4 aliphatic heterocycles. The number of hydrogen-bond donors (Lipinski definition) is 1. The molecule has 5 heterocycles. The maximum Gasteiger partial charge on any atom is 0.245 e. The van der Waals surface area contributed by atoms with Gasteiger partial charge in [0.25, 0.3) is 0 Å². The smallest absolute Gasteiger partial charge is 0.245 e. The summed E-state index contributed by atoms with van der Waals surface area (Å²) in [6.45, 7) is 4.34. The Morgan fingerprint density at radius 2 is 2.03 bits per heavy atom. The number of aromatic nitrogens is 4. The highest BCUT2D eigenvalue weighted by Crippen LogP contribution is 2.42. The van der Waals surface area contributed by atoms with Gasteiger partial charge in [-0.2, -0.15) is 17.0 Å². The summed E-state index contributed by atoms with van der Waals surface area (Å²) in [6.07, 6.45) is 4.39. The fourth-order valence-electron chi connectivity index (χ4n) is 5.77. The van der Waals surface area contributed by atoms with Crippen molar-refractivity contribution in [1.29, 1.82) is 0 Å². The van der Waals surface area contributed by atoms with Crippen molar-refractivity contribution in [3.63, 3.8) is 0 Å². The number of piperidine rings is 3. The first-order valence-electron chi connectivity index (χ1n) is 10.8. The molecule has 10 heteroatoms. The number of nitrogens with one attached hydrogen (secondary N) is 1. The molecule has 0 aliphatic carbocycles. The molecule has 5 rings (SSSR count). The van der Waals surface area contributed by atoms with Gasteiger partial charge in [-0.15, -0.1) is 10.2 Å².